The van der Waals surface area contributed by atoms with Gasteiger partial charge in [0.15, 0.2) is 0 Å². The molecule has 0 radical (unpaired) electrons. The van der Waals surface area contributed by atoms with Gasteiger partial charge in [-0.2, -0.15) is 0 Å². The maximum Gasteiger partial charge on any atom is 0.233 e. The number of likely N-dealkylation sites (tertiary alicyclic amines) is 1. The van der Waals surface area contributed by atoms with Crippen molar-refractivity contribution in [1.82, 2.24) is 4.90 Å². The van der Waals surface area contributed by atoms with Crippen LogP contribution in [0, 0.1) is 17.8 Å². The number of imide groups is 1. The summed E-state index contributed by atoms with van der Waals surface area (Å²) < 4.78 is 5.93. The summed E-state index contributed by atoms with van der Waals surface area (Å²) in [5.74, 6) is -1.72. The lowest BCUT2D eigenvalue weighted by Crippen LogP contribution is -2.38. The van der Waals surface area contributed by atoms with Crippen molar-refractivity contribution < 1.29 is 24.5 Å². The molecule has 6 nitrogen and oxygen atoms in total. The van der Waals surface area contributed by atoms with Gasteiger partial charge < -0.3 is 14.9 Å². The molecule has 2 aromatic rings. The average molecular weight is 407 g/mol. The highest BCUT2D eigenvalue weighted by molar-refractivity contribution is 6.05. The number of amides is 2. The topological polar surface area (TPSA) is 87.1 Å². The Labute approximate surface area is 175 Å². The summed E-state index contributed by atoms with van der Waals surface area (Å²) in [5, 5.41) is 21.4. The van der Waals surface area contributed by atoms with Crippen molar-refractivity contribution in [3.05, 3.63) is 77.4 Å². The quantitative estimate of drug-likeness (QED) is 0.567. The van der Waals surface area contributed by atoms with Crippen LogP contribution in [0.2, 0.25) is 0 Å². The Morgan fingerprint density at radius 3 is 2.30 bits per heavy atom. The van der Waals surface area contributed by atoms with Crippen molar-refractivity contribution >= 4 is 11.8 Å². The number of nitrogens with zero attached hydrogens (tertiary/aromatic N) is 1. The van der Waals surface area contributed by atoms with E-state index in [0.29, 0.717) is 23.3 Å². The van der Waals surface area contributed by atoms with Crippen LogP contribution in [0.3, 0.4) is 0 Å². The monoisotopic (exact) mass is 407 g/mol. The third kappa shape index (κ3) is 3.53. The van der Waals surface area contributed by atoms with E-state index in [0.717, 1.165) is 10.5 Å². The third-order valence-corrected chi connectivity index (χ3v) is 6.17. The molecule has 156 valence electrons. The molecule has 1 aliphatic heterocycles. The van der Waals surface area contributed by atoms with Gasteiger partial charge >= 0.3 is 0 Å². The van der Waals surface area contributed by atoms with E-state index in [2.05, 4.69) is 0 Å². The van der Waals surface area contributed by atoms with Crippen molar-refractivity contribution in [2.24, 2.45) is 17.8 Å². The number of fused-ring (bicyclic) bond motifs is 1. The molecule has 0 aromatic heterocycles. The minimum Gasteiger partial charge on any atom is -0.489 e. The molecule has 4 rings (SSSR count). The zero-order valence-corrected chi connectivity index (χ0v) is 16.8. The number of para-hydroxylation sites is 1. The van der Waals surface area contributed by atoms with Gasteiger partial charge in [0.2, 0.25) is 11.8 Å². The van der Waals surface area contributed by atoms with Gasteiger partial charge in [0.1, 0.15) is 18.5 Å². The van der Waals surface area contributed by atoms with Crippen LogP contribution >= 0.6 is 0 Å². The second kappa shape index (κ2) is 8.42. The largest absolute Gasteiger partial charge is 0.489 e. The number of hydrogen-bond acceptors (Lipinski definition) is 5. The molecular formula is C24H25NO5. The normalized spacial score (nSPS) is 24.8. The first-order chi connectivity index (χ1) is 14.5. The zero-order valence-electron chi connectivity index (χ0n) is 16.8. The van der Waals surface area contributed by atoms with Crippen molar-refractivity contribution in [3.8, 4) is 5.75 Å². The molecule has 2 N–H and O–H groups in total. The van der Waals surface area contributed by atoms with E-state index in [-0.39, 0.29) is 25.0 Å². The molecule has 0 bridgehead atoms. The Hall–Kier alpha value is -2.96. The molecule has 1 saturated heterocycles. The number of benzene rings is 2. The zero-order chi connectivity index (χ0) is 21.3. The van der Waals surface area contributed by atoms with Crippen LogP contribution in [0.4, 0.5) is 0 Å². The minimum atomic E-state index is -0.993. The molecular weight excluding hydrogens is 382 g/mol. The number of carbonyl (C=O) groups excluding carboxylic acids is 2. The number of rotatable bonds is 6. The van der Waals surface area contributed by atoms with Gasteiger partial charge in [0.25, 0.3) is 0 Å². The molecule has 1 heterocycles. The van der Waals surface area contributed by atoms with Crippen LogP contribution in [-0.2, 0) is 9.59 Å². The minimum absolute atomic E-state index is 0.175. The van der Waals surface area contributed by atoms with E-state index in [1.54, 1.807) is 0 Å². The number of carbonyl (C=O) groups is 2. The van der Waals surface area contributed by atoms with Gasteiger partial charge in [0.05, 0.1) is 18.4 Å². The van der Waals surface area contributed by atoms with Gasteiger partial charge in [-0.25, -0.2) is 0 Å². The Bertz CT molecular complexity index is 956. The van der Waals surface area contributed by atoms with E-state index in [1.807, 2.05) is 60.7 Å². The number of aliphatic hydroxyl groups is 2. The van der Waals surface area contributed by atoms with Crippen LogP contribution in [-0.4, -0.2) is 47.2 Å². The highest BCUT2D eigenvalue weighted by Crippen LogP contribution is 2.47. The molecule has 30 heavy (non-hydrogen) atoms. The standard InChI is InChI=1S/C24H25NO5/c1-25-23(28)18-12-16(14-30-17-10-6-3-7-11-17)20(19(13-26)21(18)24(25)29)22(27)15-8-4-2-5-9-15/h2-11,18-19,21-22,26-27H,12-14H2,1H3/t18-,19+,21-,22-/m1/s1. The van der Waals surface area contributed by atoms with Gasteiger partial charge in [-0.05, 0) is 35.3 Å². The fourth-order valence-corrected chi connectivity index (χ4v) is 4.66. The van der Waals surface area contributed by atoms with E-state index in [4.69, 9.17) is 4.74 Å². The first-order valence-electron chi connectivity index (χ1n) is 10.1. The molecule has 0 unspecified atom stereocenters. The molecule has 6 heteroatoms. The van der Waals surface area contributed by atoms with E-state index in [9.17, 15) is 19.8 Å². The Morgan fingerprint density at radius 1 is 1.03 bits per heavy atom. The fraction of sp³-hybridized carbons (Fsp3) is 0.333. The predicted octanol–water partition coefficient (Wildman–Crippen LogP) is 2.34. The molecule has 2 aliphatic rings. The first kappa shape index (κ1) is 20.3. The van der Waals surface area contributed by atoms with E-state index < -0.39 is 23.9 Å². The lowest BCUT2D eigenvalue weighted by molar-refractivity contribution is -0.138. The van der Waals surface area contributed by atoms with Crippen molar-refractivity contribution in [1.29, 1.82) is 0 Å². The molecule has 1 fully saturated rings. The average Bonchev–Trinajstić information content (AvgIpc) is 3.01. The SMILES string of the molecule is CN1C(=O)[C@@H]2[C@@H](CC(COc3ccccc3)=C([C@H](O)c3ccccc3)[C@@H]2CO)C1=O. The lowest BCUT2D eigenvalue weighted by Gasteiger charge is -2.36. The number of hydrogen-bond donors (Lipinski definition) is 2. The molecule has 2 aromatic carbocycles. The summed E-state index contributed by atoms with van der Waals surface area (Å²) in [6.07, 6.45) is -0.672. The third-order valence-electron chi connectivity index (χ3n) is 6.17. The molecule has 0 spiro atoms. The van der Waals surface area contributed by atoms with Crippen molar-refractivity contribution in [2.75, 3.05) is 20.3 Å². The summed E-state index contributed by atoms with van der Waals surface area (Å²) >= 11 is 0. The smallest absolute Gasteiger partial charge is 0.233 e. The maximum absolute atomic E-state index is 12.8. The summed E-state index contributed by atoms with van der Waals surface area (Å²) in [6, 6.07) is 18.4. The van der Waals surface area contributed by atoms with Crippen LogP contribution in [0.25, 0.3) is 0 Å². The fourth-order valence-electron chi connectivity index (χ4n) is 4.66. The Morgan fingerprint density at radius 2 is 1.67 bits per heavy atom. The predicted molar refractivity (Wildman–Crippen MR) is 110 cm³/mol. The van der Waals surface area contributed by atoms with Gasteiger partial charge in [-0.3, -0.25) is 14.5 Å². The van der Waals surface area contributed by atoms with Gasteiger partial charge in [0, 0.05) is 13.0 Å². The number of aliphatic hydroxyl groups excluding tert-OH is 2. The highest BCUT2D eigenvalue weighted by atomic mass is 16.5. The van der Waals surface area contributed by atoms with Crippen molar-refractivity contribution in [2.45, 2.75) is 12.5 Å². The van der Waals surface area contributed by atoms with Gasteiger partial charge in [-0.15, -0.1) is 0 Å². The molecule has 2 amide bonds. The summed E-state index contributed by atoms with van der Waals surface area (Å²) in [4.78, 5) is 26.6. The second-order valence-corrected chi connectivity index (χ2v) is 7.83. The molecule has 4 atom stereocenters. The highest BCUT2D eigenvalue weighted by Gasteiger charge is 2.54. The number of ether oxygens (including phenoxy) is 1. The maximum atomic E-state index is 12.8. The van der Waals surface area contributed by atoms with Crippen LogP contribution in [0.5, 0.6) is 5.75 Å². The molecule has 1 aliphatic carbocycles. The Balaban J connectivity index is 1.75. The van der Waals surface area contributed by atoms with E-state index in [1.165, 1.54) is 7.05 Å². The lowest BCUT2D eigenvalue weighted by atomic mass is 9.68. The first-order valence-corrected chi connectivity index (χ1v) is 10.1. The van der Waals surface area contributed by atoms with Crippen LogP contribution in [0.15, 0.2) is 71.8 Å². The van der Waals surface area contributed by atoms with Crippen LogP contribution in [0.1, 0.15) is 18.1 Å². The second-order valence-electron chi connectivity index (χ2n) is 7.83. The van der Waals surface area contributed by atoms with E-state index >= 15 is 0 Å². The summed E-state index contributed by atoms with van der Waals surface area (Å²) in [7, 11) is 1.48. The van der Waals surface area contributed by atoms with Crippen LogP contribution < -0.4 is 4.74 Å². The summed E-state index contributed by atoms with van der Waals surface area (Å²) in [5.41, 5.74) is 2.01. The Kier molecular flexibility index (Phi) is 5.70. The molecule has 0 saturated carbocycles. The summed E-state index contributed by atoms with van der Waals surface area (Å²) in [6.45, 7) is -0.157. The van der Waals surface area contributed by atoms with Crippen molar-refractivity contribution in [3.63, 3.8) is 0 Å². The van der Waals surface area contributed by atoms with Gasteiger partial charge in [-0.1, -0.05) is 48.5 Å².